The molecule has 0 atom stereocenters. The van der Waals surface area contributed by atoms with Gasteiger partial charge in [-0.3, -0.25) is 10.1 Å². The lowest BCUT2D eigenvalue weighted by Crippen LogP contribution is -2.54. The number of piperidine rings is 1. The standard InChI is InChI=1S/C33H40ClFN4O/c1-38(2)23-24-6-5-7-26(20-24)25-10-12-27(13-11-25)33(16-18-39(19-17-33)29-8-3-4-9-29)36-22-32(40)37-28-14-15-31(35)30(34)21-28/h5-7,10-15,20-21,29,36H,3-4,8-9,16-19,22-23H2,1-2H3,(H,37,40). The molecule has 1 heterocycles. The Bertz CT molecular complexity index is 1300. The summed E-state index contributed by atoms with van der Waals surface area (Å²) >= 11 is 5.90. The van der Waals surface area contributed by atoms with E-state index in [9.17, 15) is 9.18 Å². The van der Waals surface area contributed by atoms with Crippen molar-refractivity contribution in [1.82, 2.24) is 15.1 Å². The maximum absolute atomic E-state index is 13.6. The minimum absolute atomic E-state index is 0.00569. The molecule has 3 aromatic rings. The molecule has 1 saturated heterocycles. The van der Waals surface area contributed by atoms with E-state index in [1.165, 1.54) is 66.1 Å². The van der Waals surface area contributed by atoms with Gasteiger partial charge >= 0.3 is 0 Å². The van der Waals surface area contributed by atoms with Crippen molar-refractivity contribution in [3.05, 3.63) is 88.7 Å². The average Bonchev–Trinajstić information content (AvgIpc) is 3.49. The number of hydrogen-bond donors (Lipinski definition) is 2. The number of benzene rings is 3. The first kappa shape index (κ1) is 28.7. The zero-order chi connectivity index (χ0) is 28.1. The lowest BCUT2D eigenvalue weighted by molar-refractivity contribution is -0.116. The summed E-state index contributed by atoms with van der Waals surface area (Å²) in [6.45, 7) is 3.10. The number of anilines is 1. The van der Waals surface area contributed by atoms with Gasteiger partial charge in [0.05, 0.1) is 11.6 Å². The molecule has 0 unspecified atom stereocenters. The summed E-state index contributed by atoms with van der Waals surface area (Å²) in [4.78, 5) is 17.7. The van der Waals surface area contributed by atoms with Crippen LogP contribution in [0.4, 0.5) is 10.1 Å². The zero-order valence-electron chi connectivity index (χ0n) is 23.6. The van der Waals surface area contributed by atoms with Crippen LogP contribution in [0.5, 0.6) is 0 Å². The predicted octanol–water partition coefficient (Wildman–Crippen LogP) is 6.67. The highest BCUT2D eigenvalue weighted by Gasteiger charge is 2.38. The third kappa shape index (κ3) is 6.92. The van der Waals surface area contributed by atoms with E-state index in [4.69, 9.17) is 11.6 Å². The van der Waals surface area contributed by atoms with E-state index in [0.717, 1.165) is 32.5 Å². The number of carbonyl (C=O) groups excluding carboxylic acids is 1. The first-order chi connectivity index (χ1) is 19.3. The molecule has 1 aliphatic carbocycles. The molecule has 212 valence electrons. The van der Waals surface area contributed by atoms with Crippen LogP contribution in [0.2, 0.25) is 5.02 Å². The Balaban J connectivity index is 1.32. The fourth-order valence-electron chi connectivity index (χ4n) is 6.33. The first-order valence-corrected chi connectivity index (χ1v) is 14.8. The maximum Gasteiger partial charge on any atom is 0.238 e. The lowest BCUT2D eigenvalue weighted by atomic mass is 9.79. The van der Waals surface area contributed by atoms with Crippen LogP contribution in [0, 0.1) is 5.82 Å². The molecule has 7 heteroatoms. The van der Waals surface area contributed by atoms with Gasteiger partial charge in [0.15, 0.2) is 0 Å². The van der Waals surface area contributed by atoms with Crippen molar-refractivity contribution in [3.8, 4) is 11.1 Å². The second kappa shape index (κ2) is 12.8. The molecule has 0 spiro atoms. The highest BCUT2D eigenvalue weighted by Crippen LogP contribution is 2.37. The highest BCUT2D eigenvalue weighted by atomic mass is 35.5. The van der Waals surface area contributed by atoms with Crippen molar-refractivity contribution in [2.45, 2.75) is 56.7 Å². The molecule has 5 nitrogen and oxygen atoms in total. The van der Waals surface area contributed by atoms with Crippen molar-refractivity contribution in [2.24, 2.45) is 0 Å². The van der Waals surface area contributed by atoms with E-state index in [-0.39, 0.29) is 23.0 Å². The topological polar surface area (TPSA) is 47.6 Å². The van der Waals surface area contributed by atoms with Gasteiger partial charge in [-0.15, -0.1) is 0 Å². The number of amides is 1. The number of nitrogens with zero attached hydrogens (tertiary/aromatic N) is 2. The molecule has 2 aliphatic rings. The van der Waals surface area contributed by atoms with Crippen molar-refractivity contribution in [1.29, 1.82) is 0 Å². The van der Waals surface area contributed by atoms with Crippen molar-refractivity contribution in [2.75, 3.05) is 39.0 Å². The van der Waals surface area contributed by atoms with Gasteiger partial charge in [0.1, 0.15) is 5.82 Å². The van der Waals surface area contributed by atoms with Crippen molar-refractivity contribution < 1.29 is 9.18 Å². The molecule has 1 aliphatic heterocycles. The van der Waals surface area contributed by atoms with Crippen LogP contribution in [-0.4, -0.2) is 55.5 Å². The maximum atomic E-state index is 13.6. The summed E-state index contributed by atoms with van der Waals surface area (Å²) in [5, 5.41) is 6.50. The van der Waals surface area contributed by atoms with E-state index in [1.54, 1.807) is 0 Å². The van der Waals surface area contributed by atoms with Gasteiger partial charge in [0.25, 0.3) is 0 Å². The van der Waals surface area contributed by atoms with E-state index in [0.29, 0.717) is 11.7 Å². The third-order valence-corrected chi connectivity index (χ3v) is 8.77. The van der Waals surface area contributed by atoms with E-state index >= 15 is 0 Å². The van der Waals surface area contributed by atoms with Crippen molar-refractivity contribution >= 4 is 23.2 Å². The van der Waals surface area contributed by atoms with E-state index in [1.807, 2.05) is 0 Å². The largest absolute Gasteiger partial charge is 0.325 e. The molecule has 0 radical (unpaired) electrons. The number of likely N-dealkylation sites (tertiary alicyclic amines) is 1. The molecule has 40 heavy (non-hydrogen) atoms. The molecule has 5 rings (SSSR count). The summed E-state index contributed by atoms with van der Waals surface area (Å²) in [7, 11) is 4.17. The monoisotopic (exact) mass is 562 g/mol. The fraction of sp³-hybridized carbons (Fsp3) is 0.424. The molecular weight excluding hydrogens is 523 g/mol. The molecule has 1 saturated carbocycles. The van der Waals surface area contributed by atoms with E-state index < -0.39 is 5.82 Å². The average molecular weight is 563 g/mol. The molecule has 3 aromatic carbocycles. The SMILES string of the molecule is CN(C)Cc1cccc(-c2ccc(C3(NCC(=O)Nc4ccc(F)c(Cl)c4)CCN(C4CCCC4)CC3)cc2)c1. The van der Waals surface area contributed by atoms with Gasteiger partial charge < -0.3 is 15.1 Å². The quantitative estimate of drug-likeness (QED) is 0.306. The Morgan fingerprint density at radius 2 is 1.73 bits per heavy atom. The Morgan fingerprint density at radius 1 is 1.00 bits per heavy atom. The molecular formula is C33H40ClFN4O. The van der Waals surface area contributed by atoms with Crippen LogP contribution >= 0.6 is 11.6 Å². The Morgan fingerprint density at radius 3 is 2.40 bits per heavy atom. The van der Waals surface area contributed by atoms with Gasteiger partial charge in [0, 0.05) is 36.9 Å². The predicted molar refractivity (Wildman–Crippen MR) is 162 cm³/mol. The van der Waals surface area contributed by atoms with Gasteiger partial charge in [-0.2, -0.15) is 0 Å². The molecule has 1 amide bonds. The minimum atomic E-state index is -0.501. The minimum Gasteiger partial charge on any atom is -0.325 e. The number of carbonyl (C=O) groups is 1. The van der Waals surface area contributed by atoms with Crippen LogP contribution in [0.1, 0.15) is 49.7 Å². The lowest BCUT2D eigenvalue weighted by Gasteiger charge is -2.45. The Hall–Kier alpha value is -2.77. The summed E-state index contributed by atoms with van der Waals surface area (Å²) in [5.74, 6) is -0.673. The van der Waals surface area contributed by atoms with Gasteiger partial charge in [-0.25, -0.2) is 4.39 Å². The number of rotatable bonds is 9. The summed E-state index contributed by atoms with van der Waals surface area (Å²) in [6.07, 6.45) is 7.13. The normalized spacial score (nSPS) is 17.8. The molecule has 0 bridgehead atoms. The molecule has 2 N–H and O–H groups in total. The summed E-state index contributed by atoms with van der Waals surface area (Å²) in [5.41, 5.74) is 5.10. The first-order valence-electron chi connectivity index (χ1n) is 14.4. The highest BCUT2D eigenvalue weighted by molar-refractivity contribution is 6.31. The fourth-order valence-corrected chi connectivity index (χ4v) is 6.51. The van der Waals surface area contributed by atoms with Crippen LogP contribution in [0.25, 0.3) is 11.1 Å². The number of halogens is 2. The molecule has 2 fully saturated rings. The Kier molecular flexibility index (Phi) is 9.21. The second-order valence-electron chi connectivity index (χ2n) is 11.6. The number of nitrogens with one attached hydrogen (secondary N) is 2. The molecule has 0 aromatic heterocycles. The van der Waals surface area contributed by atoms with Crippen LogP contribution in [0.3, 0.4) is 0 Å². The van der Waals surface area contributed by atoms with Gasteiger partial charge in [0.2, 0.25) is 5.91 Å². The number of hydrogen-bond acceptors (Lipinski definition) is 4. The van der Waals surface area contributed by atoms with Crippen LogP contribution < -0.4 is 10.6 Å². The van der Waals surface area contributed by atoms with Crippen LogP contribution in [-0.2, 0) is 16.9 Å². The summed E-state index contributed by atoms with van der Waals surface area (Å²) in [6, 6.07) is 22.5. The van der Waals surface area contributed by atoms with E-state index in [2.05, 4.69) is 83.1 Å². The van der Waals surface area contributed by atoms with Crippen molar-refractivity contribution in [3.63, 3.8) is 0 Å². The van der Waals surface area contributed by atoms with Gasteiger partial charge in [-0.05, 0) is 86.3 Å². The second-order valence-corrected chi connectivity index (χ2v) is 12.0. The Labute approximate surface area is 242 Å². The smallest absolute Gasteiger partial charge is 0.238 e. The van der Waals surface area contributed by atoms with Crippen LogP contribution in [0.15, 0.2) is 66.7 Å². The third-order valence-electron chi connectivity index (χ3n) is 8.48. The summed E-state index contributed by atoms with van der Waals surface area (Å²) < 4.78 is 13.6. The zero-order valence-corrected chi connectivity index (χ0v) is 24.3. The van der Waals surface area contributed by atoms with Gasteiger partial charge in [-0.1, -0.05) is 66.9 Å².